The molecule has 0 bridgehead atoms. The maximum Gasteiger partial charge on any atom is 0.256 e. The predicted molar refractivity (Wildman–Crippen MR) is 71.5 cm³/mol. The van der Waals surface area contributed by atoms with E-state index in [2.05, 4.69) is 11.8 Å². The second-order valence-electron chi connectivity index (χ2n) is 4.70. The smallest absolute Gasteiger partial charge is 0.256 e. The Kier molecular flexibility index (Phi) is 4.72. The number of likely N-dealkylation sites (tertiary alicyclic amines) is 1. The van der Waals surface area contributed by atoms with Gasteiger partial charge in [-0.25, -0.2) is 4.39 Å². The molecule has 0 saturated carbocycles. The van der Waals surface area contributed by atoms with Crippen molar-refractivity contribution in [2.24, 2.45) is 0 Å². The van der Waals surface area contributed by atoms with Gasteiger partial charge in [-0.15, -0.1) is 0 Å². The molecule has 1 saturated heterocycles. The highest BCUT2D eigenvalue weighted by Gasteiger charge is 2.24. The summed E-state index contributed by atoms with van der Waals surface area (Å²) < 4.78 is 13.9. The van der Waals surface area contributed by atoms with Gasteiger partial charge in [0, 0.05) is 18.7 Å². The third-order valence-corrected chi connectivity index (χ3v) is 3.20. The zero-order valence-electron chi connectivity index (χ0n) is 11.0. The summed E-state index contributed by atoms with van der Waals surface area (Å²) in [5.74, 6) is 3.95. The first-order valence-corrected chi connectivity index (χ1v) is 6.48. The number of rotatable bonds is 1. The van der Waals surface area contributed by atoms with E-state index in [0.717, 1.165) is 0 Å². The minimum Gasteiger partial charge on any atom is -0.391 e. The van der Waals surface area contributed by atoms with Gasteiger partial charge in [0.25, 0.3) is 5.91 Å². The molecule has 0 aromatic heterocycles. The van der Waals surface area contributed by atoms with Crippen molar-refractivity contribution < 1.29 is 19.4 Å². The monoisotopic (exact) mass is 277 g/mol. The average molecular weight is 277 g/mol. The Balaban J connectivity index is 2.17. The molecule has 1 aromatic carbocycles. The highest BCUT2D eigenvalue weighted by atomic mass is 19.1. The van der Waals surface area contributed by atoms with Gasteiger partial charge >= 0.3 is 0 Å². The van der Waals surface area contributed by atoms with Gasteiger partial charge in [-0.05, 0) is 31.0 Å². The number of halogens is 1. The van der Waals surface area contributed by atoms with Crippen molar-refractivity contribution in [3.63, 3.8) is 0 Å². The molecule has 4 nitrogen and oxygen atoms in total. The zero-order valence-corrected chi connectivity index (χ0v) is 11.0. The molecule has 2 N–H and O–H groups in total. The van der Waals surface area contributed by atoms with Crippen LogP contribution in [-0.2, 0) is 0 Å². The van der Waals surface area contributed by atoms with Crippen molar-refractivity contribution in [2.75, 3.05) is 19.7 Å². The number of hydrogen-bond acceptors (Lipinski definition) is 3. The van der Waals surface area contributed by atoms with E-state index in [0.29, 0.717) is 24.9 Å². The van der Waals surface area contributed by atoms with Crippen LogP contribution in [0.5, 0.6) is 0 Å². The molecule has 1 unspecified atom stereocenters. The van der Waals surface area contributed by atoms with E-state index in [1.54, 1.807) is 6.07 Å². The predicted octanol–water partition coefficient (Wildman–Crippen LogP) is 0.766. The number of nitrogens with zero attached hydrogens (tertiary/aromatic N) is 1. The Labute approximate surface area is 116 Å². The summed E-state index contributed by atoms with van der Waals surface area (Å²) in [5, 5.41) is 18.1. The van der Waals surface area contributed by atoms with Crippen LogP contribution < -0.4 is 0 Å². The molecule has 2 rings (SSSR count). The SMILES string of the molecule is O=C(c1ccc(C#CCO)cc1F)N1CCCC(O)C1. The second-order valence-corrected chi connectivity index (χ2v) is 4.70. The van der Waals surface area contributed by atoms with E-state index >= 15 is 0 Å². The minimum atomic E-state index is -0.639. The molecular formula is C15H16FNO3. The fourth-order valence-corrected chi connectivity index (χ4v) is 2.22. The first kappa shape index (κ1) is 14.5. The van der Waals surface area contributed by atoms with Crippen LogP contribution in [0.25, 0.3) is 0 Å². The summed E-state index contributed by atoms with van der Waals surface area (Å²) in [6.45, 7) is 0.472. The van der Waals surface area contributed by atoms with Crippen molar-refractivity contribution in [1.29, 1.82) is 0 Å². The summed E-state index contributed by atoms with van der Waals surface area (Å²) >= 11 is 0. The lowest BCUT2D eigenvalue weighted by Crippen LogP contribution is -2.42. The zero-order chi connectivity index (χ0) is 14.5. The molecule has 1 aliphatic rings. The van der Waals surface area contributed by atoms with Gasteiger partial charge < -0.3 is 15.1 Å². The van der Waals surface area contributed by atoms with Crippen molar-refractivity contribution >= 4 is 5.91 Å². The Morgan fingerprint density at radius 2 is 2.30 bits per heavy atom. The number of benzene rings is 1. The maximum absolute atomic E-state index is 13.9. The van der Waals surface area contributed by atoms with Crippen molar-refractivity contribution in [1.82, 2.24) is 4.90 Å². The van der Waals surface area contributed by atoms with E-state index in [1.807, 2.05) is 0 Å². The lowest BCUT2D eigenvalue weighted by Gasteiger charge is -2.30. The van der Waals surface area contributed by atoms with Gasteiger partial charge in [0.15, 0.2) is 0 Å². The topological polar surface area (TPSA) is 60.8 Å². The average Bonchev–Trinajstić information content (AvgIpc) is 2.44. The van der Waals surface area contributed by atoms with Gasteiger partial charge in [0.1, 0.15) is 12.4 Å². The van der Waals surface area contributed by atoms with E-state index in [-0.39, 0.29) is 18.7 Å². The van der Waals surface area contributed by atoms with E-state index in [4.69, 9.17) is 5.11 Å². The first-order chi connectivity index (χ1) is 9.61. The van der Waals surface area contributed by atoms with Crippen LogP contribution in [0.2, 0.25) is 0 Å². The van der Waals surface area contributed by atoms with E-state index < -0.39 is 17.8 Å². The minimum absolute atomic E-state index is 0.0198. The van der Waals surface area contributed by atoms with Gasteiger partial charge in [-0.2, -0.15) is 0 Å². The molecule has 1 heterocycles. The summed E-state index contributed by atoms with van der Waals surface area (Å²) in [6, 6.07) is 4.11. The number of carbonyl (C=O) groups excluding carboxylic acids is 1. The van der Waals surface area contributed by atoms with Crippen LogP contribution in [0.15, 0.2) is 18.2 Å². The normalized spacial score (nSPS) is 18.4. The van der Waals surface area contributed by atoms with Crippen molar-refractivity contribution in [3.05, 3.63) is 35.1 Å². The van der Waals surface area contributed by atoms with Gasteiger partial charge in [0.2, 0.25) is 0 Å². The molecule has 0 spiro atoms. The highest BCUT2D eigenvalue weighted by Crippen LogP contribution is 2.17. The van der Waals surface area contributed by atoms with Crippen LogP contribution in [0.3, 0.4) is 0 Å². The van der Waals surface area contributed by atoms with Crippen LogP contribution >= 0.6 is 0 Å². The molecule has 1 fully saturated rings. The Morgan fingerprint density at radius 3 is 2.95 bits per heavy atom. The molecule has 106 valence electrons. The molecular weight excluding hydrogens is 261 g/mol. The number of β-amino-alcohol motifs (C(OH)–C–C–N with tert-alkyl or cyclic N) is 1. The fourth-order valence-electron chi connectivity index (χ4n) is 2.22. The Morgan fingerprint density at radius 1 is 1.50 bits per heavy atom. The van der Waals surface area contributed by atoms with Crippen LogP contribution in [0.4, 0.5) is 4.39 Å². The third kappa shape index (κ3) is 3.35. The molecule has 1 aliphatic heterocycles. The first-order valence-electron chi connectivity index (χ1n) is 6.48. The van der Waals surface area contributed by atoms with Crippen molar-refractivity contribution in [2.45, 2.75) is 18.9 Å². The summed E-state index contributed by atoms with van der Waals surface area (Å²) in [6.07, 6.45) is 0.849. The Hall–Kier alpha value is -1.90. The molecule has 5 heteroatoms. The van der Waals surface area contributed by atoms with E-state index in [9.17, 15) is 14.3 Å². The van der Waals surface area contributed by atoms with Crippen LogP contribution in [0, 0.1) is 17.7 Å². The number of amides is 1. The number of hydrogen-bond donors (Lipinski definition) is 2. The lowest BCUT2D eigenvalue weighted by molar-refractivity contribution is 0.0470. The number of carbonyl (C=O) groups is 1. The van der Waals surface area contributed by atoms with Crippen LogP contribution in [-0.4, -0.2) is 46.8 Å². The van der Waals surface area contributed by atoms with Gasteiger partial charge in [-0.3, -0.25) is 4.79 Å². The fraction of sp³-hybridized carbons (Fsp3) is 0.400. The lowest BCUT2D eigenvalue weighted by atomic mass is 10.1. The highest BCUT2D eigenvalue weighted by molar-refractivity contribution is 5.94. The molecule has 1 amide bonds. The summed E-state index contributed by atoms with van der Waals surface area (Å²) in [7, 11) is 0. The molecule has 0 radical (unpaired) electrons. The quantitative estimate of drug-likeness (QED) is 0.745. The number of aliphatic hydroxyl groups is 2. The standard InChI is InChI=1S/C15H16FNO3/c16-14-9-11(3-2-8-18)5-6-13(14)15(20)17-7-1-4-12(19)10-17/h5-6,9,12,18-19H,1,4,7-8,10H2. The molecule has 0 aliphatic carbocycles. The van der Waals surface area contributed by atoms with Gasteiger partial charge in [0.05, 0.1) is 11.7 Å². The van der Waals surface area contributed by atoms with E-state index in [1.165, 1.54) is 17.0 Å². The van der Waals surface area contributed by atoms with Gasteiger partial charge in [-0.1, -0.05) is 11.8 Å². The molecule has 1 atom stereocenters. The van der Waals surface area contributed by atoms with Crippen molar-refractivity contribution in [3.8, 4) is 11.8 Å². The largest absolute Gasteiger partial charge is 0.391 e. The second kappa shape index (κ2) is 6.51. The molecule has 1 aromatic rings. The maximum atomic E-state index is 13.9. The summed E-state index contributed by atoms with van der Waals surface area (Å²) in [5.41, 5.74) is 0.389. The molecule has 20 heavy (non-hydrogen) atoms. The summed E-state index contributed by atoms with van der Waals surface area (Å²) in [4.78, 5) is 13.7. The number of piperidine rings is 1. The van der Waals surface area contributed by atoms with Crippen LogP contribution in [0.1, 0.15) is 28.8 Å². The number of aliphatic hydroxyl groups excluding tert-OH is 2. The third-order valence-electron chi connectivity index (χ3n) is 3.20. The Bertz CT molecular complexity index is 562.